The monoisotopic (exact) mass is 304 g/mol. The van der Waals surface area contributed by atoms with Crippen LogP contribution in [0.4, 0.5) is 0 Å². The Hall–Kier alpha value is -1.99. The first-order valence-electron chi connectivity index (χ1n) is 6.31. The number of nitrogens with zero attached hydrogens (tertiary/aromatic N) is 3. The van der Waals surface area contributed by atoms with Gasteiger partial charge in [0, 0.05) is 25.7 Å². The van der Waals surface area contributed by atoms with Crippen LogP contribution in [-0.4, -0.2) is 40.8 Å². The minimum atomic E-state index is -0.316. The van der Waals surface area contributed by atoms with Gasteiger partial charge < -0.3 is 10.1 Å². The Morgan fingerprint density at radius 1 is 1.33 bits per heavy atom. The van der Waals surface area contributed by atoms with Crippen LogP contribution in [0, 0.1) is 0 Å². The van der Waals surface area contributed by atoms with Crippen LogP contribution in [0.2, 0.25) is 0 Å². The van der Waals surface area contributed by atoms with E-state index in [1.165, 1.54) is 24.2 Å². The van der Waals surface area contributed by atoms with Crippen LogP contribution in [-0.2, 0) is 4.74 Å². The average molecular weight is 304 g/mol. The maximum Gasteiger partial charge on any atom is 0.255 e. The molecule has 21 heavy (non-hydrogen) atoms. The summed E-state index contributed by atoms with van der Waals surface area (Å²) in [7, 11) is 1.58. The molecule has 0 aromatic carbocycles. The minimum absolute atomic E-state index is 0.254. The highest BCUT2D eigenvalue weighted by molar-refractivity contribution is 7.98. The molecule has 0 bridgehead atoms. The predicted octanol–water partition coefficient (Wildman–Crippen LogP) is 1.71. The second-order valence-corrected chi connectivity index (χ2v) is 4.97. The van der Waals surface area contributed by atoms with Crippen molar-refractivity contribution in [3.8, 4) is 0 Å². The van der Waals surface area contributed by atoms with Gasteiger partial charge in [-0.2, -0.15) is 0 Å². The summed E-state index contributed by atoms with van der Waals surface area (Å²) in [5.41, 5.74) is 1.15. The number of nitrogens with one attached hydrogen (secondary N) is 1. The number of pyridine rings is 1. The van der Waals surface area contributed by atoms with Crippen LogP contribution in [0.25, 0.3) is 0 Å². The van der Waals surface area contributed by atoms with Gasteiger partial charge in [0.05, 0.1) is 23.9 Å². The summed E-state index contributed by atoms with van der Waals surface area (Å²) in [6, 6.07) is 5.22. The van der Waals surface area contributed by atoms with Crippen molar-refractivity contribution >= 4 is 17.7 Å². The van der Waals surface area contributed by atoms with Gasteiger partial charge in [-0.05, 0) is 18.4 Å². The first-order valence-corrected chi connectivity index (χ1v) is 7.54. The molecule has 110 valence electrons. The molecule has 6 nitrogen and oxygen atoms in total. The third-order valence-corrected chi connectivity index (χ3v) is 3.33. The molecule has 7 heteroatoms. The molecule has 1 unspecified atom stereocenters. The predicted molar refractivity (Wildman–Crippen MR) is 80.1 cm³/mol. The number of thioether (sulfide) groups is 1. The highest BCUT2D eigenvalue weighted by Gasteiger charge is 2.17. The van der Waals surface area contributed by atoms with Gasteiger partial charge in [0.2, 0.25) is 0 Å². The van der Waals surface area contributed by atoms with Crippen LogP contribution in [0.5, 0.6) is 0 Å². The number of aromatic nitrogens is 3. The van der Waals surface area contributed by atoms with Crippen LogP contribution < -0.4 is 5.32 Å². The fourth-order valence-electron chi connectivity index (χ4n) is 1.73. The average Bonchev–Trinajstić information content (AvgIpc) is 2.55. The largest absolute Gasteiger partial charge is 0.382 e. The number of amides is 1. The zero-order valence-corrected chi connectivity index (χ0v) is 12.6. The first kappa shape index (κ1) is 15.4. The van der Waals surface area contributed by atoms with Gasteiger partial charge in [-0.15, -0.1) is 0 Å². The molecule has 0 spiro atoms. The van der Waals surface area contributed by atoms with E-state index in [1.807, 2.05) is 24.5 Å². The van der Waals surface area contributed by atoms with Gasteiger partial charge in [0.25, 0.3) is 5.91 Å². The van der Waals surface area contributed by atoms with Crippen LogP contribution in [0.1, 0.15) is 22.1 Å². The molecule has 0 aliphatic carbocycles. The highest BCUT2D eigenvalue weighted by atomic mass is 32.2. The Kier molecular flexibility index (Phi) is 5.65. The SMILES string of the molecule is COCC(NC(=O)c1cnc(SC)nc1)c1ccccn1. The fourth-order valence-corrected chi connectivity index (χ4v) is 2.05. The Morgan fingerprint density at radius 2 is 2.10 bits per heavy atom. The number of ether oxygens (including phenoxy) is 1. The van der Waals surface area contributed by atoms with Crippen molar-refractivity contribution < 1.29 is 9.53 Å². The lowest BCUT2D eigenvalue weighted by atomic mass is 10.2. The quantitative estimate of drug-likeness (QED) is 0.647. The van der Waals surface area contributed by atoms with Crippen molar-refractivity contribution in [3.05, 3.63) is 48.0 Å². The molecular formula is C14H16N4O2S. The number of carbonyl (C=O) groups is 1. The highest BCUT2D eigenvalue weighted by Crippen LogP contribution is 2.12. The Labute approximate surface area is 127 Å². The Morgan fingerprint density at radius 3 is 2.67 bits per heavy atom. The summed E-state index contributed by atoms with van der Waals surface area (Å²) >= 11 is 1.42. The summed E-state index contributed by atoms with van der Waals surface area (Å²) in [6.45, 7) is 0.340. The second-order valence-electron chi connectivity index (χ2n) is 4.19. The maximum absolute atomic E-state index is 12.2. The van der Waals surface area contributed by atoms with Crippen molar-refractivity contribution in [1.29, 1.82) is 0 Å². The summed E-state index contributed by atoms with van der Waals surface area (Å²) in [5, 5.41) is 3.50. The van der Waals surface area contributed by atoms with Crippen molar-refractivity contribution in [2.45, 2.75) is 11.2 Å². The molecule has 1 atom stereocenters. The van der Waals surface area contributed by atoms with E-state index in [1.54, 1.807) is 13.3 Å². The van der Waals surface area contributed by atoms with Gasteiger partial charge in [0.15, 0.2) is 5.16 Å². The first-order chi connectivity index (χ1) is 10.2. The van der Waals surface area contributed by atoms with Crippen LogP contribution in [0.3, 0.4) is 0 Å². The fraction of sp³-hybridized carbons (Fsp3) is 0.286. The van der Waals surface area contributed by atoms with E-state index >= 15 is 0 Å². The van der Waals surface area contributed by atoms with Crippen molar-refractivity contribution in [2.75, 3.05) is 20.0 Å². The number of carbonyl (C=O) groups excluding carboxylic acids is 1. The molecule has 2 heterocycles. The topological polar surface area (TPSA) is 77.0 Å². The number of hydrogen-bond donors (Lipinski definition) is 1. The van der Waals surface area contributed by atoms with E-state index in [0.29, 0.717) is 17.3 Å². The maximum atomic E-state index is 12.2. The molecule has 0 saturated carbocycles. The van der Waals surface area contributed by atoms with Gasteiger partial charge in [-0.25, -0.2) is 9.97 Å². The molecule has 2 aromatic rings. The lowest BCUT2D eigenvalue weighted by Gasteiger charge is -2.17. The Balaban J connectivity index is 2.10. The molecule has 0 radical (unpaired) electrons. The molecule has 0 aliphatic heterocycles. The summed E-state index contributed by atoms with van der Waals surface area (Å²) in [4.78, 5) is 24.6. The zero-order chi connectivity index (χ0) is 15.1. The molecule has 0 saturated heterocycles. The van der Waals surface area contributed by atoms with E-state index in [0.717, 1.165) is 5.69 Å². The number of methoxy groups -OCH3 is 1. The zero-order valence-electron chi connectivity index (χ0n) is 11.8. The third-order valence-electron chi connectivity index (χ3n) is 2.76. The van der Waals surface area contributed by atoms with Gasteiger partial charge in [-0.3, -0.25) is 9.78 Å². The molecular weight excluding hydrogens is 288 g/mol. The second kappa shape index (κ2) is 7.70. The number of hydrogen-bond acceptors (Lipinski definition) is 6. The van der Waals surface area contributed by atoms with Crippen LogP contribution in [0.15, 0.2) is 41.9 Å². The molecule has 1 N–H and O–H groups in total. The van der Waals surface area contributed by atoms with Crippen LogP contribution >= 0.6 is 11.8 Å². The standard InChI is InChI=1S/C14H16N4O2S/c1-20-9-12(11-5-3-4-6-15-11)18-13(19)10-7-16-14(21-2)17-8-10/h3-8,12H,9H2,1-2H3,(H,18,19). The van der Waals surface area contributed by atoms with E-state index in [9.17, 15) is 4.79 Å². The minimum Gasteiger partial charge on any atom is -0.382 e. The van der Waals surface area contributed by atoms with Gasteiger partial charge in [-0.1, -0.05) is 17.8 Å². The number of rotatable bonds is 6. The van der Waals surface area contributed by atoms with Gasteiger partial charge >= 0.3 is 0 Å². The lowest BCUT2D eigenvalue weighted by molar-refractivity contribution is 0.0893. The molecule has 0 aliphatic rings. The van der Waals surface area contributed by atoms with Gasteiger partial charge in [0.1, 0.15) is 0 Å². The summed E-state index contributed by atoms with van der Waals surface area (Å²) in [6.07, 6.45) is 6.58. The molecule has 0 fully saturated rings. The smallest absolute Gasteiger partial charge is 0.255 e. The van der Waals surface area contributed by atoms with E-state index in [2.05, 4.69) is 20.3 Å². The van der Waals surface area contributed by atoms with Crippen molar-refractivity contribution in [2.24, 2.45) is 0 Å². The normalized spacial score (nSPS) is 11.9. The van der Waals surface area contributed by atoms with E-state index < -0.39 is 0 Å². The van der Waals surface area contributed by atoms with Crippen molar-refractivity contribution in [1.82, 2.24) is 20.3 Å². The lowest BCUT2D eigenvalue weighted by Crippen LogP contribution is -2.32. The summed E-state index contributed by atoms with van der Waals surface area (Å²) in [5.74, 6) is -0.254. The molecule has 1 amide bonds. The van der Waals surface area contributed by atoms with Crippen molar-refractivity contribution in [3.63, 3.8) is 0 Å². The van der Waals surface area contributed by atoms with E-state index in [-0.39, 0.29) is 11.9 Å². The molecule has 2 aromatic heterocycles. The van der Waals surface area contributed by atoms with E-state index in [4.69, 9.17) is 4.74 Å². The summed E-state index contributed by atoms with van der Waals surface area (Å²) < 4.78 is 5.14. The third kappa shape index (κ3) is 4.24. The Bertz CT molecular complexity index is 577. The molecule has 2 rings (SSSR count).